The fourth-order valence-electron chi connectivity index (χ4n) is 5.20. The van der Waals surface area contributed by atoms with Crippen LogP contribution in [-0.2, 0) is 14.3 Å². The number of carbonyl (C=O) groups is 2. The Morgan fingerprint density at radius 3 is 2.51 bits per heavy atom. The summed E-state index contributed by atoms with van der Waals surface area (Å²) in [6, 6.07) is 21.1. The Bertz CT molecular complexity index is 1440. The van der Waals surface area contributed by atoms with Crippen molar-refractivity contribution in [2.45, 2.75) is 25.7 Å². The standard InChI is InChI=1S/C31H33N5O5/c1-2-6-28(37)35(16-15-34-17-19-41-20-18-34)24-11-9-23(10-12-24)32-30(22-7-4-3-5-8-22)29-26-21-25(36(39)40)13-14-27(26)33-31(29)38/h3-5,7-14,21,29H,2,6,15-20H2,1H3,(H,33,38). The molecule has 3 aromatic rings. The van der Waals surface area contributed by atoms with Gasteiger partial charge in [-0.2, -0.15) is 0 Å². The molecule has 1 saturated heterocycles. The maximum atomic E-state index is 13.2. The lowest BCUT2D eigenvalue weighted by atomic mass is 9.90. The number of non-ortho nitro benzene ring substituents is 1. The Morgan fingerprint density at radius 2 is 1.83 bits per heavy atom. The number of hydrogen-bond donors (Lipinski definition) is 1. The second-order valence-electron chi connectivity index (χ2n) is 10.1. The van der Waals surface area contributed by atoms with Crippen molar-refractivity contribution in [3.63, 3.8) is 0 Å². The van der Waals surface area contributed by atoms with E-state index in [4.69, 9.17) is 9.73 Å². The van der Waals surface area contributed by atoms with E-state index >= 15 is 0 Å². The molecule has 1 atom stereocenters. The van der Waals surface area contributed by atoms with Gasteiger partial charge in [0.05, 0.1) is 29.5 Å². The summed E-state index contributed by atoms with van der Waals surface area (Å²) in [5, 5.41) is 14.3. The van der Waals surface area contributed by atoms with E-state index in [0.29, 0.717) is 48.8 Å². The van der Waals surface area contributed by atoms with E-state index < -0.39 is 10.8 Å². The molecule has 41 heavy (non-hydrogen) atoms. The van der Waals surface area contributed by atoms with Crippen LogP contribution in [-0.4, -0.2) is 66.7 Å². The van der Waals surface area contributed by atoms with Crippen LogP contribution in [0.3, 0.4) is 0 Å². The van der Waals surface area contributed by atoms with Gasteiger partial charge in [-0.15, -0.1) is 0 Å². The molecule has 5 rings (SSSR count). The van der Waals surface area contributed by atoms with Gasteiger partial charge in [0.15, 0.2) is 0 Å². The monoisotopic (exact) mass is 555 g/mol. The van der Waals surface area contributed by atoms with Crippen LogP contribution in [0.2, 0.25) is 0 Å². The van der Waals surface area contributed by atoms with Crippen LogP contribution in [0, 0.1) is 10.1 Å². The summed E-state index contributed by atoms with van der Waals surface area (Å²) in [5.74, 6) is -1.04. The Kier molecular flexibility index (Phi) is 8.81. The molecule has 2 aliphatic rings. The zero-order chi connectivity index (χ0) is 28.8. The van der Waals surface area contributed by atoms with Crippen LogP contribution < -0.4 is 10.2 Å². The highest BCUT2D eigenvalue weighted by atomic mass is 16.6. The smallest absolute Gasteiger partial charge is 0.269 e. The molecule has 10 nitrogen and oxygen atoms in total. The van der Waals surface area contributed by atoms with Crippen LogP contribution in [0.1, 0.15) is 36.8 Å². The summed E-state index contributed by atoms with van der Waals surface area (Å²) in [4.78, 5) is 46.2. The highest BCUT2D eigenvalue weighted by Gasteiger charge is 2.36. The number of nitro benzene ring substituents is 1. The number of aliphatic imine (C=N–C) groups is 1. The van der Waals surface area contributed by atoms with Gasteiger partial charge in [-0.1, -0.05) is 37.3 Å². The van der Waals surface area contributed by atoms with Gasteiger partial charge in [0.2, 0.25) is 11.8 Å². The van der Waals surface area contributed by atoms with Gasteiger partial charge in [0.1, 0.15) is 5.92 Å². The Morgan fingerprint density at radius 1 is 1.10 bits per heavy atom. The highest BCUT2D eigenvalue weighted by molar-refractivity contribution is 6.24. The van der Waals surface area contributed by atoms with Crippen molar-refractivity contribution in [2.75, 3.05) is 49.6 Å². The lowest BCUT2D eigenvalue weighted by Gasteiger charge is -2.30. The molecule has 0 aliphatic carbocycles. The molecule has 0 saturated carbocycles. The van der Waals surface area contributed by atoms with E-state index in [9.17, 15) is 19.7 Å². The zero-order valence-electron chi connectivity index (χ0n) is 23.0. The number of anilines is 2. The Balaban J connectivity index is 1.46. The number of amides is 2. The third kappa shape index (κ3) is 6.50. The average molecular weight is 556 g/mol. The first kappa shape index (κ1) is 28.1. The van der Waals surface area contributed by atoms with Gasteiger partial charge in [0, 0.05) is 61.7 Å². The van der Waals surface area contributed by atoms with Gasteiger partial charge in [-0.05, 0) is 42.3 Å². The van der Waals surface area contributed by atoms with Crippen LogP contribution in [0.4, 0.5) is 22.7 Å². The molecule has 1 fully saturated rings. The van der Waals surface area contributed by atoms with Crippen molar-refractivity contribution >= 4 is 40.3 Å². The lowest BCUT2D eigenvalue weighted by molar-refractivity contribution is -0.384. The van der Waals surface area contributed by atoms with Crippen molar-refractivity contribution in [3.8, 4) is 0 Å². The van der Waals surface area contributed by atoms with E-state index in [0.717, 1.165) is 37.3 Å². The number of carbonyl (C=O) groups excluding carboxylic acids is 2. The topological polar surface area (TPSA) is 117 Å². The predicted molar refractivity (Wildman–Crippen MR) is 158 cm³/mol. The first-order valence-electron chi connectivity index (χ1n) is 13.9. The number of nitrogens with one attached hydrogen (secondary N) is 1. The second kappa shape index (κ2) is 12.8. The lowest BCUT2D eigenvalue weighted by Crippen LogP contribution is -2.43. The van der Waals surface area contributed by atoms with Crippen LogP contribution in [0.5, 0.6) is 0 Å². The number of ether oxygens (including phenoxy) is 1. The van der Waals surface area contributed by atoms with Crippen LogP contribution in [0.15, 0.2) is 77.8 Å². The normalized spacial score (nSPS) is 17.1. The van der Waals surface area contributed by atoms with Gasteiger partial charge in [-0.25, -0.2) is 0 Å². The van der Waals surface area contributed by atoms with E-state index in [1.165, 1.54) is 12.1 Å². The Labute approximate surface area is 238 Å². The van der Waals surface area contributed by atoms with Crippen LogP contribution in [0.25, 0.3) is 0 Å². The predicted octanol–water partition coefficient (Wildman–Crippen LogP) is 4.92. The molecule has 0 aromatic heterocycles. The van der Waals surface area contributed by atoms with Gasteiger partial charge >= 0.3 is 0 Å². The molecule has 0 bridgehead atoms. The minimum atomic E-state index is -0.817. The van der Waals surface area contributed by atoms with E-state index in [1.54, 1.807) is 6.07 Å². The largest absolute Gasteiger partial charge is 0.379 e. The van der Waals surface area contributed by atoms with Gasteiger partial charge < -0.3 is 15.0 Å². The Hall–Kier alpha value is -4.41. The SMILES string of the molecule is CCCC(=O)N(CCN1CCOCC1)c1ccc(N=C(c2ccccc2)C2C(=O)Nc3ccc([N+](=O)[O-])cc32)cc1. The fourth-order valence-corrected chi connectivity index (χ4v) is 5.20. The van der Waals surface area contributed by atoms with E-state index in [-0.39, 0.29) is 17.5 Å². The van der Waals surface area contributed by atoms with Crippen molar-refractivity contribution in [3.05, 3.63) is 94.0 Å². The van der Waals surface area contributed by atoms with Crippen molar-refractivity contribution in [1.82, 2.24) is 4.90 Å². The summed E-state index contributed by atoms with van der Waals surface area (Å²) in [5.41, 5.74) is 3.59. The number of hydrogen-bond acceptors (Lipinski definition) is 7. The molecule has 1 unspecified atom stereocenters. The summed E-state index contributed by atoms with van der Waals surface area (Å²) < 4.78 is 5.44. The average Bonchev–Trinajstić information content (AvgIpc) is 3.32. The molecule has 0 radical (unpaired) electrons. The molecule has 2 aliphatic heterocycles. The number of fused-ring (bicyclic) bond motifs is 1. The summed E-state index contributed by atoms with van der Waals surface area (Å²) in [6.45, 7) is 6.45. The van der Waals surface area contributed by atoms with Gasteiger partial charge in [-0.3, -0.25) is 29.6 Å². The van der Waals surface area contributed by atoms with Crippen LogP contribution >= 0.6 is 0 Å². The highest BCUT2D eigenvalue weighted by Crippen LogP contribution is 2.38. The molecule has 1 N–H and O–H groups in total. The second-order valence-corrected chi connectivity index (χ2v) is 10.1. The minimum Gasteiger partial charge on any atom is -0.379 e. The summed E-state index contributed by atoms with van der Waals surface area (Å²) >= 11 is 0. The zero-order valence-corrected chi connectivity index (χ0v) is 23.0. The van der Waals surface area contributed by atoms with Crippen molar-refractivity contribution in [1.29, 1.82) is 0 Å². The molecular weight excluding hydrogens is 522 g/mol. The maximum Gasteiger partial charge on any atom is 0.269 e. The third-order valence-corrected chi connectivity index (χ3v) is 7.34. The minimum absolute atomic E-state index is 0.0720. The first-order chi connectivity index (χ1) is 19.9. The van der Waals surface area contributed by atoms with Gasteiger partial charge in [0.25, 0.3) is 5.69 Å². The fraction of sp³-hybridized carbons (Fsp3) is 0.323. The number of morpholine rings is 1. The van der Waals surface area contributed by atoms with Crippen molar-refractivity contribution in [2.24, 2.45) is 4.99 Å². The third-order valence-electron chi connectivity index (χ3n) is 7.34. The molecule has 0 spiro atoms. The quantitative estimate of drug-likeness (QED) is 0.216. The summed E-state index contributed by atoms with van der Waals surface area (Å²) in [7, 11) is 0. The molecule has 212 valence electrons. The van der Waals surface area contributed by atoms with Crippen molar-refractivity contribution < 1.29 is 19.2 Å². The number of nitro groups is 1. The number of rotatable bonds is 10. The molecule has 10 heteroatoms. The number of nitrogens with zero attached hydrogens (tertiary/aromatic N) is 4. The first-order valence-corrected chi connectivity index (χ1v) is 13.9. The summed E-state index contributed by atoms with van der Waals surface area (Å²) in [6.07, 6.45) is 1.22. The molecular formula is C31H33N5O5. The molecule has 2 amide bonds. The molecule has 2 heterocycles. The van der Waals surface area contributed by atoms with E-state index in [1.807, 2.05) is 66.4 Å². The number of benzene rings is 3. The van der Waals surface area contributed by atoms with E-state index in [2.05, 4.69) is 10.2 Å². The molecule has 3 aromatic carbocycles. The maximum absolute atomic E-state index is 13.2.